The zero-order chi connectivity index (χ0) is 13.8. The Kier molecular flexibility index (Phi) is 4.10. The second-order valence-corrected chi connectivity index (χ2v) is 4.45. The Morgan fingerprint density at radius 1 is 1.32 bits per heavy atom. The highest BCUT2D eigenvalue weighted by Gasteiger charge is 2.13. The first-order chi connectivity index (χ1) is 9.17. The van der Waals surface area contributed by atoms with Crippen molar-refractivity contribution in [3.05, 3.63) is 29.6 Å². The summed E-state index contributed by atoms with van der Waals surface area (Å²) >= 11 is 0. The van der Waals surface area contributed by atoms with Crippen molar-refractivity contribution < 1.29 is 8.78 Å². The minimum Gasteiger partial charge on any atom is -0.327 e. The summed E-state index contributed by atoms with van der Waals surface area (Å²) < 4.78 is 28.4. The Hall–Kier alpha value is -1.96. The predicted octanol–water partition coefficient (Wildman–Crippen LogP) is 3.57. The standard InChI is InChI=1S/C14H15F2N3/c1-2-3-5-14-18-12-8-10(15)11(16)9-13(12)19(14)7-4-6-17/h8-9H,2-5,7H2,1H3. The molecule has 0 atom stereocenters. The third-order valence-electron chi connectivity index (χ3n) is 3.07. The molecule has 3 nitrogen and oxygen atoms in total. The highest BCUT2D eigenvalue weighted by molar-refractivity contribution is 5.76. The van der Waals surface area contributed by atoms with Crippen molar-refractivity contribution in [1.82, 2.24) is 9.55 Å². The minimum absolute atomic E-state index is 0.323. The van der Waals surface area contributed by atoms with Gasteiger partial charge in [-0.1, -0.05) is 13.3 Å². The lowest BCUT2D eigenvalue weighted by molar-refractivity contribution is 0.510. The van der Waals surface area contributed by atoms with E-state index in [0.717, 1.165) is 37.2 Å². The topological polar surface area (TPSA) is 41.6 Å². The Morgan fingerprint density at radius 3 is 2.74 bits per heavy atom. The molecule has 2 rings (SSSR count). The maximum Gasteiger partial charge on any atom is 0.161 e. The fourth-order valence-corrected chi connectivity index (χ4v) is 2.11. The molecular weight excluding hydrogens is 248 g/mol. The first kappa shape index (κ1) is 13.5. The van der Waals surface area contributed by atoms with Gasteiger partial charge in [0.1, 0.15) is 5.82 Å². The summed E-state index contributed by atoms with van der Waals surface area (Å²) in [6.07, 6.45) is 3.05. The van der Waals surface area contributed by atoms with E-state index in [9.17, 15) is 8.78 Å². The Morgan fingerprint density at radius 2 is 2.05 bits per heavy atom. The first-order valence-corrected chi connectivity index (χ1v) is 6.38. The van der Waals surface area contributed by atoms with Gasteiger partial charge >= 0.3 is 0 Å². The smallest absolute Gasteiger partial charge is 0.161 e. The SMILES string of the molecule is CCCCc1nc2cc(F)c(F)cc2n1CCC#N. The molecule has 0 aliphatic heterocycles. The van der Waals surface area contributed by atoms with Gasteiger partial charge in [-0.15, -0.1) is 0 Å². The lowest BCUT2D eigenvalue weighted by Gasteiger charge is -2.06. The van der Waals surface area contributed by atoms with Crippen molar-refractivity contribution in [3.63, 3.8) is 0 Å². The average molecular weight is 263 g/mol. The number of hydrogen-bond donors (Lipinski definition) is 0. The molecule has 0 bridgehead atoms. The molecule has 0 amide bonds. The predicted molar refractivity (Wildman–Crippen MR) is 68.5 cm³/mol. The van der Waals surface area contributed by atoms with E-state index in [4.69, 9.17) is 5.26 Å². The van der Waals surface area contributed by atoms with Gasteiger partial charge in [0.15, 0.2) is 11.6 Å². The van der Waals surface area contributed by atoms with E-state index in [-0.39, 0.29) is 0 Å². The zero-order valence-electron chi connectivity index (χ0n) is 10.8. The largest absolute Gasteiger partial charge is 0.327 e. The summed E-state index contributed by atoms with van der Waals surface area (Å²) in [6, 6.07) is 4.33. The van der Waals surface area contributed by atoms with Gasteiger partial charge in [-0.3, -0.25) is 0 Å². The van der Waals surface area contributed by atoms with Crippen molar-refractivity contribution in [3.8, 4) is 6.07 Å². The average Bonchev–Trinajstić information content (AvgIpc) is 2.71. The number of aromatic nitrogens is 2. The van der Waals surface area contributed by atoms with Crippen LogP contribution < -0.4 is 0 Å². The van der Waals surface area contributed by atoms with Gasteiger partial charge in [0.05, 0.1) is 23.5 Å². The molecule has 5 heteroatoms. The van der Waals surface area contributed by atoms with Gasteiger partial charge in [0, 0.05) is 25.1 Å². The third-order valence-corrected chi connectivity index (χ3v) is 3.07. The molecule has 0 radical (unpaired) electrons. The van der Waals surface area contributed by atoms with E-state index in [1.54, 1.807) is 0 Å². The van der Waals surface area contributed by atoms with Crippen LogP contribution in [0.5, 0.6) is 0 Å². The Bertz CT molecular complexity index is 626. The normalized spacial score (nSPS) is 10.8. The molecule has 0 fully saturated rings. The number of rotatable bonds is 5. The van der Waals surface area contributed by atoms with Crippen LogP contribution in [0.2, 0.25) is 0 Å². The molecular formula is C14H15F2N3. The lowest BCUT2D eigenvalue weighted by Crippen LogP contribution is -2.04. The second-order valence-electron chi connectivity index (χ2n) is 4.45. The van der Waals surface area contributed by atoms with Crippen LogP contribution in [-0.2, 0) is 13.0 Å². The third kappa shape index (κ3) is 2.73. The number of aryl methyl sites for hydroxylation is 2. The fraction of sp³-hybridized carbons (Fsp3) is 0.429. The molecule has 1 aromatic heterocycles. The van der Waals surface area contributed by atoms with E-state index in [2.05, 4.69) is 18.0 Å². The van der Waals surface area contributed by atoms with Gasteiger partial charge in [0.25, 0.3) is 0 Å². The van der Waals surface area contributed by atoms with E-state index >= 15 is 0 Å². The number of halogens is 2. The van der Waals surface area contributed by atoms with Crippen LogP contribution in [0.25, 0.3) is 11.0 Å². The number of hydrogen-bond acceptors (Lipinski definition) is 2. The summed E-state index contributed by atoms with van der Waals surface area (Å²) in [6.45, 7) is 2.53. The van der Waals surface area contributed by atoms with Crippen LogP contribution in [0, 0.1) is 23.0 Å². The van der Waals surface area contributed by atoms with Crippen molar-refractivity contribution in [1.29, 1.82) is 5.26 Å². The van der Waals surface area contributed by atoms with E-state index in [1.807, 2.05) is 4.57 Å². The number of benzene rings is 1. The van der Waals surface area contributed by atoms with Gasteiger partial charge in [-0.05, 0) is 6.42 Å². The van der Waals surface area contributed by atoms with E-state index < -0.39 is 11.6 Å². The number of unbranched alkanes of at least 4 members (excludes halogenated alkanes) is 1. The van der Waals surface area contributed by atoms with Crippen LogP contribution in [0.3, 0.4) is 0 Å². The summed E-state index contributed by atoms with van der Waals surface area (Å²) in [5.74, 6) is -0.982. The molecule has 0 aliphatic rings. The molecule has 0 aliphatic carbocycles. The van der Waals surface area contributed by atoms with Gasteiger partial charge in [0.2, 0.25) is 0 Å². The minimum atomic E-state index is -0.889. The molecule has 19 heavy (non-hydrogen) atoms. The molecule has 2 aromatic rings. The summed E-state index contributed by atoms with van der Waals surface area (Å²) in [5.41, 5.74) is 1.00. The van der Waals surface area contributed by atoms with Crippen LogP contribution in [0.4, 0.5) is 8.78 Å². The highest BCUT2D eigenvalue weighted by atomic mass is 19.2. The molecule has 1 aromatic carbocycles. The molecule has 0 N–H and O–H groups in total. The number of fused-ring (bicyclic) bond motifs is 1. The maximum absolute atomic E-state index is 13.3. The van der Waals surface area contributed by atoms with Crippen LogP contribution in [0.1, 0.15) is 32.0 Å². The first-order valence-electron chi connectivity index (χ1n) is 6.38. The summed E-state index contributed by atoms with van der Waals surface area (Å²) in [4.78, 5) is 4.35. The van der Waals surface area contributed by atoms with Gasteiger partial charge in [-0.25, -0.2) is 13.8 Å². The molecule has 0 saturated heterocycles. The number of nitrogens with zero attached hydrogens (tertiary/aromatic N) is 3. The summed E-state index contributed by atoms with van der Waals surface area (Å²) in [7, 11) is 0. The molecule has 0 spiro atoms. The molecule has 100 valence electrons. The highest BCUT2D eigenvalue weighted by Crippen LogP contribution is 2.21. The van der Waals surface area contributed by atoms with E-state index in [0.29, 0.717) is 24.0 Å². The Balaban J connectivity index is 2.50. The second kappa shape index (κ2) is 5.79. The van der Waals surface area contributed by atoms with Crippen LogP contribution >= 0.6 is 0 Å². The molecule has 1 heterocycles. The van der Waals surface area contributed by atoms with Crippen molar-refractivity contribution >= 4 is 11.0 Å². The lowest BCUT2D eigenvalue weighted by atomic mass is 10.2. The van der Waals surface area contributed by atoms with Gasteiger partial charge < -0.3 is 4.57 Å². The van der Waals surface area contributed by atoms with Gasteiger partial charge in [-0.2, -0.15) is 5.26 Å². The number of nitriles is 1. The monoisotopic (exact) mass is 263 g/mol. The van der Waals surface area contributed by atoms with Crippen molar-refractivity contribution in [2.45, 2.75) is 39.2 Å². The molecule has 0 saturated carbocycles. The Labute approximate surface area is 110 Å². The van der Waals surface area contributed by atoms with Crippen molar-refractivity contribution in [2.24, 2.45) is 0 Å². The maximum atomic E-state index is 13.3. The van der Waals surface area contributed by atoms with Crippen molar-refractivity contribution in [2.75, 3.05) is 0 Å². The van der Waals surface area contributed by atoms with Crippen LogP contribution in [0.15, 0.2) is 12.1 Å². The van der Waals surface area contributed by atoms with E-state index in [1.165, 1.54) is 0 Å². The zero-order valence-corrected chi connectivity index (χ0v) is 10.8. The van der Waals surface area contributed by atoms with Crippen LogP contribution in [-0.4, -0.2) is 9.55 Å². The summed E-state index contributed by atoms with van der Waals surface area (Å²) in [5, 5.41) is 8.69. The molecule has 0 unspecified atom stereocenters. The number of imidazole rings is 1. The fourth-order valence-electron chi connectivity index (χ4n) is 2.11. The quantitative estimate of drug-likeness (QED) is 0.827.